The summed E-state index contributed by atoms with van der Waals surface area (Å²) in [7, 11) is 0. The van der Waals surface area contributed by atoms with E-state index in [0.29, 0.717) is 24.0 Å². The molecule has 8 heteroatoms. The minimum atomic E-state index is 0.137. The van der Waals surface area contributed by atoms with Gasteiger partial charge in [-0.25, -0.2) is 4.98 Å². The van der Waals surface area contributed by atoms with Crippen molar-refractivity contribution in [3.63, 3.8) is 0 Å². The molecule has 0 fully saturated rings. The lowest BCUT2D eigenvalue weighted by atomic mass is 10.4. The van der Waals surface area contributed by atoms with E-state index in [4.69, 9.17) is 5.73 Å². The molecule has 2 N–H and O–H groups in total. The number of carbonyl (C=O) groups is 1. The molecule has 2 aromatic heterocycles. The topological polar surface area (TPSA) is 59.2 Å². The van der Waals surface area contributed by atoms with Gasteiger partial charge in [-0.2, -0.15) is 0 Å². The number of hydrogen-bond acceptors (Lipinski definition) is 6. The molecule has 0 saturated carbocycles. The van der Waals surface area contributed by atoms with Crippen LogP contribution in [0.4, 0.5) is 5.13 Å². The minimum Gasteiger partial charge on any atom is -0.375 e. The number of hydrogen-bond donors (Lipinski definition) is 1. The first-order valence-corrected chi connectivity index (χ1v) is 9.78. The van der Waals surface area contributed by atoms with Gasteiger partial charge in [-0.15, -0.1) is 23.1 Å². The highest BCUT2D eigenvalue weighted by Gasteiger charge is 2.15. The lowest BCUT2D eigenvalue weighted by Gasteiger charge is -2.19. The lowest BCUT2D eigenvalue weighted by molar-refractivity contribution is -0.128. The van der Waals surface area contributed by atoms with Crippen LogP contribution in [0.5, 0.6) is 0 Å². The summed E-state index contributed by atoms with van der Waals surface area (Å²) in [6, 6.07) is 4.06. The van der Waals surface area contributed by atoms with E-state index in [9.17, 15) is 4.79 Å². The Kier molecular flexibility index (Phi) is 6.09. The molecule has 1 amide bonds. The number of thiophene rings is 1. The molecule has 0 radical (unpaired) electrons. The van der Waals surface area contributed by atoms with Gasteiger partial charge in [0.2, 0.25) is 5.91 Å². The SMILES string of the molecule is CCN(Cc1ccc(Br)s1)C(=O)CSc1sc(N)nc1C. The number of thioether (sulfide) groups is 1. The van der Waals surface area contributed by atoms with E-state index in [1.165, 1.54) is 28.0 Å². The molecule has 0 aromatic carbocycles. The number of anilines is 1. The van der Waals surface area contributed by atoms with Crippen LogP contribution in [0, 0.1) is 6.92 Å². The zero-order valence-corrected chi connectivity index (χ0v) is 15.8. The summed E-state index contributed by atoms with van der Waals surface area (Å²) in [5.41, 5.74) is 6.58. The van der Waals surface area contributed by atoms with E-state index in [-0.39, 0.29) is 5.91 Å². The van der Waals surface area contributed by atoms with Crippen molar-refractivity contribution in [3.05, 3.63) is 26.5 Å². The van der Waals surface area contributed by atoms with E-state index in [1.54, 1.807) is 11.3 Å². The largest absolute Gasteiger partial charge is 0.375 e. The summed E-state index contributed by atoms with van der Waals surface area (Å²) in [5, 5.41) is 0.554. The molecule has 0 bridgehead atoms. The Morgan fingerprint density at radius 1 is 1.48 bits per heavy atom. The molecule has 114 valence electrons. The number of nitrogens with zero attached hydrogens (tertiary/aromatic N) is 2. The molecule has 4 nitrogen and oxygen atoms in total. The van der Waals surface area contributed by atoms with E-state index in [1.807, 2.05) is 30.9 Å². The van der Waals surface area contributed by atoms with Crippen LogP contribution in [0.25, 0.3) is 0 Å². The highest BCUT2D eigenvalue weighted by molar-refractivity contribution is 9.11. The second-order valence-corrected chi connectivity index (χ2v) is 9.15. The van der Waals surface area contributed by atoms with Crippen molar-refractivity contribution in [1.29, 1.82) is 0 Å². The monoisotopic (exact) mass is 405 g/mol. The number of rotatable bonds is 6. The lowest BCUT2D eigenvalue weighted by Crippen LogP contribution is -2.31. The number of halogens is 1. The number of nitrogens with two attached hydrogens (primary N) is 1. The molecule has 0 aliphatic carbocycles. The van der Waals surface area contributed by atoms with Gasteiger partial charge in [-0.3, -0.25) is 4.79 Å². The average Bonchev–Trinajstić information content (AvgIpc) is 2.98. The molecular formula is C13H16BrN3OS3. The van der Waals surface area contributed by atoms with E-state index in [2.05, 4.69) is 20.9 Å². The summed E-state index contributed by atoms with van der Waals surface area (Å²) in [5.74, 6) is 0.557. The first-order valence-electron chi connectivity index (χ1n) is 6.37. The van der Waals surface area contributed by atoms with Crippen molar-refractivity contribution in [2.75, 3.05) is 18.0 Å². The maximum atomic E-state index is 12.3. The molecule has 0 spiro atoms. The van der Waals surface area contributed by atoms with Crippen LogP contribution in [0.3, 0.4) is 0 Å². The highest BCUT2D eigenvalue weighted by atomic mass is 79.9. The number of aromatic nitrogens is 1. The zero-order chi connectivity index (χ0) is 15.4. The third kappa shape index (κ3) is 4.70. The van der Waals surface area contributed by atoms with Crippen LogP contribution >= 0.6 is 50.4 Å². The Hall–Kier alpha value is -0.570. The van der Waals surface area contributed by atoms with Crippen molar-refractivity contribution >= 4 is 61.4 Å². The normalized spacial score (nSPS) is 10.8. The molecule has 0 unspecified atom stereocenters. The molecule has 2 aromatic rings. The molecule has 2 rings (SSSR count). The summed E-state index contributed by atoms with van der Waals surface area (Å²) in [6.45, 7) is 5.29. The van der Waals surface area contributed by atoms with Crippen molar-refractivity contribution in [2.24, 2.45) is 0 Å². The number of aryl methyl sites for hydroxylation is 1. The number of thiazole rings is 1. The smallest absolute Gasteiger partial charge is 0.233 e. The minimum absolute atomic E-state index is 0.137. The van der Waals surface area contributed by atoms with Crippen LogP contribution < -0.4 is 5.73 Å². The van der Waals surface area contributed by atoms with Gasteiger partial charge in [-0.1, -0.05) is 11.3 Å². The van der Waals surface area contributed by atoms with Gasteiger partial charge in [0, 0.05) is 11.4 Å². The van der Waals surface area contributed by atoms with Crippen molar-refractivity contribution in [3.8, 4) is 0 Å². The predicted molar refractivity (Wildman–Crippen MR) is 95.1 cm³/mol. The van der Waals surface area contributed by atoms with Crippen LogP contribution in [-0.2, 0) is 11.3 Å². The molecule has 2 heterocycles. The molecule has 21 heavy (non-hydrogen) atoms. The summed E-state index contributed by atoms with van der Waals surface area (Å²) in [6.07, 6.45) is 0. The summed E-state index contributed by atoms with van der Waals surface area (Å²) >= 11 is 8.06. The van der Waals surface area contributed by atoms with Gasteiger partial charge in [0.25, 0.3) is 0 Å². The van der Waals surface area contributed by atoms with Crippen LogP contribution in [-0.4, -0.2) is 28.1 Å². The van der Waals surface area contributed by atoms with Gasteiger partial charge in [0.1, 0.15) is 0 Å². The molecule has 0 aliphatic rings. The van der Waals surface area contributed by atoms with Crippen molar-refractivity contribution in [1.82, 2.24) is 9.88 Å². The summed E-state index contributed by atoms with van der Waals surface area (Å²) in [4.78, 5) is 19.5. The van der Waals surface area contributed by atoms with E-state index in [0.717, 1.165) is 13.7 Å². The Morgan fingerprint density at radius 3 is 2.76 bits per heavy atom. The molecule has 0 aliphatic heterocycles. The second kappa shape index (κ2) is 7.62. The van der Waals surface area contributed by atoms with Gasteiger partial charge >= 0.3 is 0 Å². The van der Waals surface area contributed by atoms with Crippen LogP contribution in [0.1, 0.15) is 17.5 Å². The number of amides is 1. The molecule has 0 saturated heterocycles. The third-order valence-corrected chi connectivity index (χ3v) is 6.75. The average molecular weight is 406 g/mol. The summed E-state index contributed by atoms with van der Waals surface area (Å²) < 4.78 is 2.11. The van der Waals surface area contributed by atoms with Crippen LogP contribution in [0.15, 0.2) is 20.1 Å². The third-order valence-electron chi connectivity index (χ3n) is 2.81. The van der Waals surface area contributed by atoms with Crippen LogP contribution in [0.2, 0.25) is 0 Å². The first-order chi connectivity index (χ1) is 9.99. The zero-order valence-electron chi connectivity index (χ0n) is 11.8. The molecular weight excluding hydrogens is 390 g/mol. The maximum Gasteiger partial charge on any atom is 0.233 e. The molecule has 0 atom stereocenters. The Morgan fingerprint density at radius 2 is 2.24 bits per heavy atom. The Bertz CT molecular complexity index is 626. The maximum absolute atomic E-state index is 12.3. The Labute approximate surface area is 144 Å². The van der Waals surface area contributed by atoms with E-state index >= 15 is 0 Å². The van der Waals surface area contributed by atoms with E-state index < -0.39 is 0 Å². The highest BCUT2D eigenvalue weighted by Crippen LogP contribution is 2.30. The second-order valence-electron chi connectivity index (χ2n) is 4.33. The quantitative estimate of drug-likeness (QED) is 0.737. The van der Waals surface area contributed by atoms with Crippen molar-refractivity contribution in [2.45, 2.75) is 24.6 Å². The fourth-order valence-electron chi connectivity index (χ4n) is 1.76. The van der Waals surface area contributed by atoms with Gasteiger partial charge in [0.15, 0.2) is 5.13 Å². The fourth-order valence-corrected chi connectivity index (χ4v) is 5.18. The Balaban J connectivity index is 1.92. The standard InChI is InChI=1S/C13H16BrN3OS3/c1-3-17(6-9-4-5-10(14)20-9)11(18)7-19-12-8(2)16-13(15)21-12/h4-5H,3,6-7H2,1-2H3,(H2,15,16). The first kappa shape index (κ1) is 16.8. The van der Waals surface area contributed by atoms with Crippen molar-refractivity contribution < 1.29 is 4.79 Å². The predicted octanol–water partition coefficient (Wildman–Crippen LogP) is 4.00. The van der Waals surface area contributed by atoms with Gasteiger partial charge in [0.05, 0.1) is 26.0 Å². The van der Waals surface area contributed by atoms with Gasteiger partial charge in [-0.05, 0) is 41.9 Å². The number of carbonyl (C=O) groups excluding carboxylic acids is 1. The number of nitrogen functional groups attached to an aromatic ring is 1. The van der Waals surface area contributed by atoms with Gasteiger partial charge < -0.3 is 10.6 Å². The fraction of sp³-hybridized carbons (Fsp3) is 0.385.